The highest BCUT2D eigenvalue weighted by Gasteiger charge is 2.16. The quantitative estimate of drug-likeness (QED) is 0.565. The molecule has 2 aromatic carbocycles. The summed E-state index contributed by atoms with van der Waals surface area (Å²) in [6, 6.07) is 8.09. The molecule has 1 aliphatic rings. The molecule has 0 atom stereocenters. The molecular formula is C15H10Br2N2O4. The van der Waals surface area contributed by atoms with Gasteiger partial charge in [-0.05, 0) is 46.3 Å². The van der Waals surface area contributed by atoms with Crippen LogP contribution in [0.2, 0.25) is 0 Å². The van der Waals surface area contributed by atoms with Crippen LogP contribution in [-0.2, 0) is 0 Å². The van der Waals surface area contributed by atoms with Crippen molar-refractivity contribution in [1.29, 1.82) is 0 Å². The molecule has 1 amide bonds. The average Bonchev–Trinajstić information content (AvgIpc) is 2.96. The largest absolute Gasteiger partial charge is 0.507 e. The highest BCUT2D eigenvalue weighted by Crippen LogP contribution is 2.36. The summed E-state index contributed by atoms with van der Waals surface area (Å²) >= 11 is 6.64. The molecule has 0 bridgehead atoms. The fourth-order valence-corrected chi connectivity index (χ4v) is 2.73. The molecule has 1 heterocycles. The van der Waals surface area contributed by atoms with Crippen LogP contribution < -0.4 is 14.9 Å². The van der Waals surface area contributed by atoms with Gasteiger partial charge in [0.25, 0.3) is 5.91 Å². The Bertz CT molecular complexity index is 808. The Hall–Kier alpha value is -2.06. The average molecular weight is 442 g/mol. The first-order valence-electron chi connectivity index (χ1n) is 6.45. The summed E-state index contributed by atoms with van der Waals surface area (Å²) in [7, 11) is 0. The van der Waals surface area contributed by atoms with Crippen LogP contribution in [0.3, 0.4) is 0 Å². The molecule has 2 aromatic rings. The first-order valence-corrected chi connectivity index (χ1v) is 8.04. The first-order chi connectivity index (χ1) is 11.0. The second kappa shape index (κ2) is 6.59. The zero-order valence-electron chi connectivity index (χ0n) is 11.5. The fourth-order valence-electron chi connectivity index (χ4n) is 1.94. The predicted molar refractivity (Wildman–Crippen MR) is 91.1 cm³/mol. The second-order valence-corrected chi connectivity index (χ2v) is 6.36. The van der Waals surface area contributed by atoms with Crippen LogP contribution in [0, 0.1) is 0 Å². The van der Waals surface area contributed by atoms with Crippen molar-refractivity contribution < 1.29 is 19.4 Å². The van der Waals surface area contributed by atoms with Crippen molar-refractivity contribution in [3.8, 4) is 17.2 Å². The van der Waals surface area contributed by atoms with Crippen LogP contribution in [0.1, 0.15) is 15.9 Å². The van der Waals surface area contributed by atoms with E-state index in [9.17, 15) is 9.90 Å². The number of amides is 1. The van der Waals surface area contributed by atoms with E-state index in [0.29, 0.717) is 21.5 Å². The molecule has 118 valence electrons. The molecule has 0 radical (unpaired) electrons. The van der Waals surface area contributed by atoms with Crippen LogP contribution in [0.5, 0.6) is 17.2 Å². The first kappa shape index (κ1) is 15.8. The number of nitrogens with one attached hydrogen (secondary N) is 1. The zero-order valence-corrected chi connectivity index (χ0v) is 14.7. The SMILES string of the molecule is O=C(N/N=C/c1cc2c(cc1Br)OCO2)c1cc(Br)ccc1O. The Morgan fingerprint density at radius 3 is 2.74 bits per heavy atom. The van der Waals surface area contributed by atoms with E-state index in [1.54, 1.807) is 18.2 Å². The lowest BCUT2D eigenvalue weighted by molar-refractivity contribution is 0.0952. The van der Waals surface area contributed by atoms with E-state index >= 15 is 0 Å². The van der Waals surface area contributed by atoms with E-state index < -0.39 is 5.91 Å². The van der Waals surface area contributed by atoms with E-state index in [2.05, 4.69) is 42.4 Å². The third-order valence-electron chi connectivity index (χ3n) is 3.06. The maximum absolute atomic E-state index is 12.0. The summed E-state index contributed by atoms with van der Waals surface area (Å²) in [5, 5.41) is 13.6. The molecule has 8 heteroatoms. The molecule has 2 N–H and O–H groups in total. The predicted octanol–water partition coefficient (Wildman–Crippen LogP) is 3.41. The molecule has 0 fully saturated rings. The van der Waals surface area contributed by atoms with Crippen molar-refractivity contribution in [2.75, 3.05) is 6.79 Å². The van der Waals surface area contributed by atoms with Crippen molar-refractivity contribution in [2.24, 2.45) is 5.10 Å². The third kappa shape index (κ3) is 3.48. The Morgan fingerprint density at radius 1 is 1.22 bits per heavy atom. The second-order valence-electron chi connectivity index (χ2n) is 4.59. The van der Waals surface area contributed by atoms with Gasteiger partial charge in [-0.15, -0.1) is 0 Å². The number of ether oxygens (including phenoxy) is 2. The summed E-state index contributed by atoms with van der Waals surface area (Å²) in [6.07, 6.45) is 1.47. The van der Waals surface area contributed by atoms with E-state index in [1.165, 1.54) is 18.3 Å². The summed E-state index contributed by atoms with van der Waals surface area (Å²) in [6.45, 7) is 0.182. The van der Waals surface area contributed by atoms with E-state index in [4.69, 9.17) is 9.47 Å². The van der Waals surface area contributed by atoms with Gasteiger partial charge < -0.3 is 14.6 Å². The standard InChI is InChI=1S/C15H10Br2N2O4/c16-9-1-2-12(20)10(4-9)15(21)19-18-6-8-3-13-14(5-11(8)17)23-7-22-13/h1-6,20H,7H2,(H,19,21)/b18-6+. The van der Waals surface area contributed by atoms with Crippen LogP contribution in [0.4, 0.5) is 0 Å². The third-order valence-corrected chi connectivity index (χ3v) is 4.24. The number of carbonyl (C=O) groups excluding carboxylic acids is 1. The number of carbonyl (C=O) groups is 1. The molecular weight excluding hydrogens is 432 g/mol. The molecule has 3 rings (SSSR count). The topological polar surface area (TPSA) is 80.2 Å². The normalized spacial score (nSPS) is 12.6. The number of halogens is 2. The lowest BCUT2D eigenvalue weighted by Crippen LogP contribution is -2.17. The molecule has 0 saturated heterocycles. The Kier molecular flexibility index (Phi) is 4.53. The van der Waals surface area contributed by atoms with Gasteiger partial charge in [-0.2, -0.15) is 5.10 Å². The van der Waals surface area contributed by atoms with Crippen LogP contribution in [0.15, 0.2) is 44.4 Å². The monoisotopic (exact) mass is 440 g/mol. The van der Waals surface area contributed by atoms with Crippen molar-refractivity contribution in [3.05, 3.63) is 50.4 Å². The lowest BCUT2D eigenvalue weighted by atomic mass is 10.2. The van der Waals surface area contributed by atoms with Gasteiger partial charge in [0.15, 0.2) is 11.5 Å². The smallest absolute Gasteiger partial charge is 0.275 e. The van der Waals surface area contributed by atoms with Crippen molar-refractivity contribution in [3.63, 3.8) is 0 Å². The molecule has 0 saturated carbocycles. The van der Waals surface area contributed by atoms with Crippen LogP contribution in [-0.4, -0.2) is 24.0 Å². The molecule has 23 heavy (non-hydrogen) atoms. The number of hydrazone groups is 1. The molecule has 0 aliphatic carbocycles. The molecule has 0 unspecified atom stereocenters. The number of phenols is 1. The minimum atomic E-state index is -0.517. The van der Waals surface area contributed by atoms with Gasteiger partial charge in [0, 0.05) is 14.5 Å². The number of fused-ring (bicyclic) bond motifs is 1. The van der Waals surface area contributed by atoms with Gasteiger partial charge in [0.1, 0.15) is 5.75 Å². The van der Waals surface area contributed by atoms with Gasteiger partial charge >= 0.3 is 0 Å². The summed E-state index contributed by atoms with van der Waals surface area (Å²) in [4.78, 5) is 12.0. The number of hydrogen-bond donors (Lipinski definition) is 2. The fraction of sp³-hybridized carbons (Fsp3) is 0.0667. The van der Waals surface area contributed by atoms with E-state index in [0.717, 1.165) is 4.47 Å². The zero-order chi connectivity index (χ0) is 16.4. The number of rotatable bonds is 3. The van der Waals surface area contributed by atoms with Crippen molar-refractivity contribution >= 4 is 44.0 Å². The maximum atomic E-state index is 12.0. The number of benzene rings is 2. The van der Waals surface area contributed by atoms with E-state index in [1.807, 2.05) is 0 Å². The highest BCUT2D eigenvalue weighted by molar-refractivity contribution is 9.10. The van der Waals surface area contributed by atoms with Gasteiger partial charge in [-0.1, -0.05) is 15.9 Å². The molecule has 0 aromatic heterocycles. The Labute approximate surface area is 148 Å². The maximum Gasteiger partial charge on any atom is 0.275 e. The van der Waals surface area contributed by atoms with Crippen molar-refractivity contribution in [1.82, 2.24) is 5.43 Å². The van der Waals surface area contributed by atoms with Gasteiger partial charge in [-0.3, -0.25) is 4.79 Å². The van der Waals surface area contributed by atoms with Crippen molar-refractivity contribution in [2.45, 2.75) is 0 Å². The van der Waals surface area contributed by atoms with Gasteiger partial charge in [0.05, 0.1) is 11.8 Å². The number of nitrogens with zero attached hydrogens (tertiary/aromatic N) is 1. The van der Waals surface area contributed by atoms with Gasteiger partial charge in [-0.25, -0.2) is 5.43 Å². The molecule has 6 nitrogen and oxygen atoms in total. The Balaban J connectivity index is 1.74. The number of phenolic OH excluding ortho intramolecular Hbond substituents is 1. The molecule has 0 spiro atoms. The molecule has 1 aliphatic heterocycles. The summed E-state index contributed by atoms with van der Waals surface area (Å²) in [5.41, 5.74) is 3.21. The number of aromatic hydroxyl groups is 1. The summed E-state index contributed by atoms with van der Waals surface area (Å²) < 4.78 is 12.0. The van der Waals surface area contributed by atoms with Crippen LogP contribution in [0.25, 0.3) is 0 Å². The van der Waals surface area contributed by atoms with Gasteiger partial charge in [0.2, 0.25) is 6.79 Å². The lowest BCUT2D eigenvalue weighted by Gasteiger charge is -2.04. The minimum absolute atomic E-state index is 0.120. The van der Waals surface area contributed by atoms with Crippen LogP contribution >= 0.6 is 31.9 Å². The summed E-state index contributed by atoms with van der Waals surface area (Å²) in [5.74, 6) is 0.629. The highest BCUT2D eigenvalue weighted by atomic mass is 79.9. The number of hydrogen-bond acceptors (Lipinski definition) is 5. The minimum Gasteiger partial charge on any atom is -0.507 e. The Morgan fingerprint density at radius 2 is 1.96 bits per heavy atom. The van der Waals surface area contributed by atoms with E-state index in [-0.39, 0.29) is 18.1 Å².